The molecule has 0 aliphatic carbocycles. The molecule has 1 atom stereocenters. The van der Waals surface area contributed by atoms with Gasteiger partial charge in [-0.25, -0.2) is 0 Å². The predicted molar refractivity (Wildman–Crippen MR) is 71.3 cm³/mol. The van der Waals surface area contributed by atoms with Gasteiger partial charge in [-0.15, -0.1) is 0 Å². The number of hydrogen-bond donors (Lipinski definition) is 2. The number of aliphatic carboxylic acids is 1. The minimum absolute atomic E-state index is 0.324. The Hall–Kier alpha value is -0.810. The number of nitrogens with zero attached hydrogens (tertiary/aromatic N) is 1. The van der Waals surface area contributed by atoms with E-state index in [1.807, 2.05) is 4.90 Å². The molecule has 98 valence electrons. The third-order valence-corrected chi connectivity index (χ3v) is 3.86. The van der Waals surface area contributed by atoms with Crippen molar-refractivity contribution in [2.45, 2.75) is 6.04 Å². The normalized spacial score (nSPS) is 18.6. The first-order chi connectivity index (χ1) is 8.61. The van der Waals surface area contributed by atoms with E-state index in [9.17, 15) is 9.90 Å². The van der Waals surface area contributed by atoms with Gasteiger partial charge in [-0.05, 0) is 6.07 Å². The standard InChI is InChI=1S/C12H14Cl2N2O2/c13-9-3-1-2-8(10(9)14)11(12(17)18)16-6-4-15-5-7-16/h1-3,11,15H,4-7H2,(H,17,18). The zero-order valence-electron chi connectivity index (χ0n) is 9.70. The maximum absolute atomic E-state index is 11.5. The van der Waals surface area contributed by atoms with Gasteiger partial charge in [0.25, 0.3) is 0 Å². The van der Waals surface area contributed by atoms with Crippen molar-refractivity contribution in [2.24, 2.45) is 0 Å². The highest BCUT2D eigenvalue weighted by atomic mass is 35.5. The number of piperazine rings is 1. The van der Waals surface area contributed by atoms with Gasteiger partial charge in [-0.2, -0.15) is 0 Å². The molecular weight excluding hydrogens is 275 g/mol. The van der Waals surface area contributed by atoms with Crippen LogP contribution in [0.25, 0.3) is 0 Å². The molecule has 0 bridgehead atoms. The molecule has 0 amide bonds. The lowest BCUT2D eigenvalue weighted by Gasteiger charge is -2.33. The van der Waals surface area contributed by atoms with Crippen LogP contribution >= 0.6 is 23.2 Å². The summed E-state index contributed by atoms with van der Waals surface area (Å²) in [5.41, 5.74) is 0.554. The molecule has 2 N–H and O–H groups in total. The average Bonchev–Trinajstić information content (AvgIpc) is 2.36. The molecule has 0 saturated carbocycles. The first kappa shape index (κ1) is 13.6. The first-order valence-electron chi connectivity index (χ1n) is 5.72. The van der Waals surface area contributed by atoms with Gasteiger partial charge in [0.1, 0.15) is 6.04 Å². The molecule has 1 saturated heterocycles. The number of halogens is 2. The van der Waals surface area contributed by atoms with Crippen LogP contribution in [0.3, 0.4) is 0 Å². The van der Waals surface area contributed by atoms with Gasteiger partial charge in [0.05, 0.1) is 10.0 Å². The number of hydrogen-bond acceptors (Lipinski definition) is 3. The molecule has 0 spiro atoms. The Labute approximate surface area is 115 Å². The van der Waals surface area contributed by atoms with Crippen LogP contribution in [-0.4, -0.2) is 42.2 Å². The van der Waals surface area contributed by atoms with E-state index in [0.717, 1.165) is 13.1 Å². The van der Waals surface area contributed by atoms with E-state index in [1.54, 1.807) is 18.2 Å². The Morgan fingerprint density at radius 1 is 1.33 bits per heavy atom. The molecule has 1 fully saturated rings. The van der Waals surface area contributed by atoms with Crippen molar-refractivity contribution >= 4 is 29.2 Å². The molecule has 18 heavy (non-hydrogen) atoms. The summed E-state index contributed by atoms with van der Waals surface area (Å²) in [6.07, 6.45) is 0. The van der Waals surface area contributed by atoms with E-state index in [1.165, 1.54) is 0 Å². The molecule has 0 radical (unpaired) electrons. The van der Waals surface area contributed by atoms with Crippen LogP contribution in [0.4, 0.5) is 0 Å². The second-order valence-corrected chi connectivity index (χ2v) is 4.95. The lowest BCUT2D eigenvalue weighted by Crippen LogP contribution is -2.47. The number of carboxylic acid groups (broad SMARTS) is 1. The monoisotopic (exact) mass is 288 g/mol. The van der Waals surface area contributed by atoms with Crippen LogP contribution in [0.2, 0.25) is 10.0 Å². The van der Waals surface area contributed by atoms with E-state index < -0.39 is 12.0 Å². The highest BCUT2D eigenvalue weighted by Gasteiger charge is 2.30. The zero-order valence-corrected chi connectivity index (χ0v) is 11.2. The van der Waals surface area contributed by atoms with Crippen molar-refractivity contribution in [1.29, 1.82) is 0 Å². The molecule has 1 unspecified atom stereocenters. The van der Waals surface area contributed by atoms with Crippen LogP contribution < -0.4 is 5.32 Å². The fourth-order valence-electron chi connectivity index (χ4n) is 2.16. The molecule has 1 heterocycles. The molecule has 1 aliphatic rings. The summed E-state index contributed by atoms with van der Waals surface area (Å²) in [5, 5.41) is 13.3. The van der Waals surface area contributed by atoms with E-state index in [0.29, 0.717) is 28.7 Å². The molecule has 6 heteroatoms. The lowest BCUT2D eigenvalue weighted by molar-refractivity contribution is -0.143. The number of rotatable bonds is 3. The van der Waals surface area contributed by atoms with Gasteiger partial charge in [0.15, 0.2) is 0 Å². The van der Waals surface area contributed by atoms with E-state index in [-0.39, 0.29) is 0 Å². The largest absolute Gasteiger partial charge is 0.480 e. The van der Waals surface area contributed by atoms with Crippen molar-refractivity contribution in [3.63, 3.8) is 0 Å². The van der Waals surface area contributed by atoms with Gasteiger partial charge in [-0.1, -0.05) is 35.3 Å². The van der Waals surface area contributed by atoms with Crippen LogP contribution in [0.5, 0.6) is 0 Å². The lowest BCUT2D eigenvalue weighted by atomic mass is 10.0. The smallest absolute Gasteiger partial charge is 0.325 e. The maximum Gasteiger partial charge on any atom is 0.325 e. The fraction of sp³-hybridized carbons (Fsp3) is 0.417. The van der Waals surface area contributed by atoms with Gasteiger partial charge in [-0.3, -0.25) is 9.69 Å². The average molecular weight is 289 g/mol. The Bertz CT molecular complexity index is 448. The third kappa shape index (κ3) is 2.78. The van der Waals surface area contributed by atoms with Crippen LogP contribution in [0.15, 0.2) is 18.2 Å². The second-order valence-electron chi connectivity index (χ2n) is 4.17. The maximum atomic E-state index is 11.5. The van der Waals surface area contributed by atoms with Crippen molar-refractivity contribution in [3.8, 4) is 0 Å². The summed E-state index contributed by atoms with van der Waals surface area (Å²) in [4.78, 5) is 13.4. The van der Waals surface area contributed by atoms with E-state index >= 15 is 0 Å². The van der Waals surface area contributed by atoms with Crippen LogP contribution in [0.1, 0.15) is 11.6 Å². The minimum Gasteiger partial charge on any atom is -0.480 e. The van der Waals surface area contributed by atoms with Gasteiger partial charge < -0.3 is 10.4 Å². The third-order valence-electron chi connectivity index (χ3n) is 3.03. The molecule has 1 aromatic carbocycles. The van der Waals surface area contributed by atoms with Crippen LogP contribution in [-0.2, 0) is 4.79 Å². The summed E-state index contributed by atoms with van der Waals surface area (Å²) in [7, 11) is 0. The summed E-state index contributed by atoms with van der Waals surface area (Å²) in [6, 6.07) is 4.36. The molecule has 4 nitrogen and oxygen atoms in total. The molecule has 2 rings (SSSR count). The van der Waals surface area contributed by atoms with Crippen molar-refractivity contribution in [3.05, 3.63) is 33.8 Å². The quantitative estimate of drug-likeness (QED) is 0.894. The van der Waals surface area contributed by atoms with Crippen molar-refractivity contribution < 1.29 is 9.90 Å². The Morgan fingerprint density at radius 2 is 2.00 bits per heavy atom. The van der Waals surface area contributed by atoms with E-state index in [2.05, 4.69) is 5.32 Å². The Morgan fingerprint density at radius 3 is 2.61 bits per heavy atom. The predicted octanol–water partition coefficient (Wildman–Crippen LogP) is 2.02. The number of nitrogens with one attached hydrogen (secondary N) is 1. The minimum atomic E-state index is -0.902. The van der Waals surface area contributed by atoms with Crippen molar-refractivity contribution in [1.82, 2.24) is 10.2 Å². The molecular formula is C12H14Cl2N2O2. The Kier molecular flexibility index (Phi) is 4.45. The summed E-state index contributed by atoms with van der Waals surface area (Å²) in [6.45, 7) is 2.92. The van der Waals surface area contributed by atoms with Gasteiger partial charge in [0, 0.05) is 31.7 Å². The number of carboxylic acids is 1. The first-order valence-corrected chi connectivity index (χ1v) is 6.48. The fourth-order valence-corrected chi connectivity index (χ4v) is 2.57. The van der Waals surface area contributed by atoms with E-state index in [4.69, 9.17) is 23.2 Å². The highest BCUT2D eigenvalue weighted by Crippen LogP contribution is 2.33. The van der Waals surface area contributed by atoms with Gasteiger partial charge >= 0.3 is 5.97 Å². The summed E-state index contributed by atoms with van der Waals surface area (Å²) in [5.74, 6) is -0.902. The second kappa shape index (κ2) is 5.89. The Balaban J connectivity index is 2.34. The van der Waals surface area contributed by atoms with Crippen LogP contribution in [0, 0.1) is 0 Å². The SMILES string of the molecule is O=C(O)C(c1cccc(Cl)c1Cl)N1CCNCC1. The zero-order chi connectivity index (χ0) is 13.1. The summed E-state index contributed by atoms with van der Waals surface area (Å²) >= 11 is 12.1. The van der Waals surface area contributed by atoms with Gasteiger partial charge in [0.2, 0.25) is 0 Å². The molecule has 1 aliphatic heterocycles. The molecule has 1 aromatic rings. The van der Waals surface area contributed by atoms with Crippen molar-refractivity contribution in [2.75, 3.05) is 26.2 Å². The topological polar surface area (TPSA) is 52.6 Å². The summed E-state index contributed by atoms with van der Waals surface area (Å²) < 4.78 is 0. The molecule has 0 aromatic heterocycles. The number of benzene rings is 1. The highest BCUT2D eigenvalue weighted by molar-refractivity contribution is 6.42. The number of carbonyl (C=O) groups is 1.